The van der Waals surface area contributed by atoms with E-state index in [2.05, 4.69) is 13.8 Å². The maximum Gasteiger partial charge on any atom is 0.0510 e. The maximum atomic E-state index is 9.17. The first-order chi connectivity index (χ1) is 6.60. The van der Waals surface area contributed by atoms with Crippen molar-refractivity contribution in [1.82, 2.24) is 0 Å². The Bertz CT molecular complexity index is 122. The normalized spacial score (nSPS) is 12.4. The summed E-state index contributed by atoms with van der Waals surface area (Å²) < 4.78 is 5.43. The Morgan fingerprint density at radius 1 is 1.21 bits per heavy atom. The summed E-state index contributed by atoms with van der Waals surface area (Å²) in [5, 5.41) is 18.3. The molecule has 0 unspecified atom stereocenters. The van der Waals surface area contributed by atoms with Crippen LogP contribution in [0.2, 0.25) is 0 Å². The highest BCUT2D eigenvalue weighted by Crippen LogP contribution is 2.24. The highest BCUT2D eigenvalue weighted by molar-refractivity contribution is 4.75. The van der Waals surface area contributed by atoms with Crippen LogP contribution in [0, 0.1) is 11.3 Å². The van der Waals surface area contributed by atoms with Crippen LogP contribution in [-0.2, 0) is 4.74 Å². The third-order valence-corrected chi connectivity index (χ3v) is 2.65. The maximum absolute atomic E-state index is 9.17. The van der Waals surface area contributed by atoms with Crippen LogP contribution < -0.4 is 0 Å². The van der Waals surface area contributed by atoms with Gasteiger partial charge in [-0.05, 0) is 18.8 Å². The van der Waals surface area contributed by atoms with Gasteiger partial charge in [0.15, 0.2) is 0 Å². The van der Waals surface area contributed by atoms with Gasteiger partial charge in [0.25, 0.3) is 0 Å². The molecule has 0 rings (SSSR count). The van der Waals surface area contributed by atoms with E-state index in [1.54, 1.807) is 0 Å². The number of aliphatic hydroxyl groups is 2. The van der Waals surface area contributed by atoms with Crippen LogP contribution in [0.3, 0.4) is 0 Å². The molecule has 0 fully saturated rings. The van der Waals surface area contributed by atoms with Gasteiger partial charge in [-0.25, -0.2) is 0 Å². The van der Waals surface area contributed by atoms with Crippen LogP contribution in [-0.4, -0.2) is 36.6 Å². The number of aliphatic hydroxyl groups excluding tert-OH is 2. The molecule has 0 aromatic rings. The first-order valence-electron chi connectivity index (χ1n) is 5.39. The van der Waals surface area contributed by atoms with Gasteiger partial charge in [-0.1, -0.05) is 20.8 Å². The second kappa shape index (κ2) is 7.21. The van der Waals surface area contributed by atoms with Crippen molar-refractivity contribution in [3.8, 4) is 0 Å². The van der Waals surface area contributed by atoms with Crippen LogP contribution in [0.25, 0.3) is 0 Å². The van der Waals surface area contributed by atoms with Crippen LogP contribution in [0.1, 0.15) is 33.6 Å². The standard InChI is InChI=1S/C11H24O3/c1-4-11(8-12,9-13)5-6-14-7-10(2)3/h10,12-13H,4-9H2,1-3H3. The predicted octanol–water partition coefficient (Wildman–Crippen LogP) is 1.43. The molecule has 0 heterocycles. The van der Waals surface area contributed by atoms with E-state index in [-0.39, 0.29) is 18.6 Å². The number of rotatable bonds is 8. The first-order valence-corrected chi connectivity index (χ1v) is 5.39. The lowest BCUT2D eigenvalue weighted by Gasteiger charge is -2.28. The summed E-state index contributed by atoms with van der Waals surface area (Å²) in [4.78, 5) is 0. The summed E-state index contributed by atoms with van der Waals surface area (Å²) in [5.41, 5.74) is -0.350. The summed E-state index contributed by atoms with van der Waals surface area (Å²) in [6.45, 7) is 7.62. The number of hydrogen-bond donors (Lipinski definition) is 2. The highest BCUT2D eigenvalue weighted by Gasteiger charge is 2.25. The molecule has 0 radical (unpaired) electrons. The van der Waals surface area contributed by atoms with E-state index in [1.807, 2.05) is 6.92 Å². The summed E-state index contributed by atoms with van der Waals surface area (Å²) >= 11 is 0. The molecular formula is C11H24O3. The Morgan fingerprint density at radius 2 is 1.79 bits per heavy atom. The van der Waals surface area contributed by atoms with Gasteiger partial charge < -0.3 is 14.9 Å². The van der Waals surface area contributed by atoms with Gasteiger partial charge in [0.05, 0.1) is 13.2 Å². The lowest BCUT2D eigenvalue weighted by atomic mass is 9.84. The van der Waals surface area contributed by atoms with E-state index in [0.29, 0.717) is 12.5 Å². The molecule has 2 N–H and O–H groups in total. The summed E-state index contributed by atoms with van der Waals surface area (Å²) in [6, 6.07) is 0. The fourth-order valence-corrected chi connectivity index (χ4v) is 1.22. The van der Waals surface area contributed by atoms with Crippen molar-refractivity contribution in [2.75, 3.05) is 26.4 Å². The minimum atomic E-state index is -0.350. The van der Waals surface area contributed by atoms with Crippen molar-refractivity contribution < 1.29 is 14.9 Å². The van der Waals surface area contributed by atoms with Gasteiger partial charge in [-0.3, -0.25) is 0 Å². The van der Waals surface area contributed by atoms with E-state index in [1.165, 1.54) is 0 Å². The van der Waals surface area contributed by atoms with Gasteiger partial charge >= 0.3 is 0 Å². The lowest BCUT2D eigenvalue weighted by molar-refractivity contribution is 0.00892. The van der Waals surface area contributed by atoms with E-state index in [4.69, 9.17) is 14.9 Å². The Balaban J connectivity index is 3.71. The van der Waals surface area contributed by atoms with Gasteiger partial charge in [-0.15, -0.1) is 0 Å². The molecule has 0 saturated heterocycles. The molecule has 3 heteroatoms. The minimum absolute atomic E-state index is 0.0328. The van der Waals surface area contributed by atoms with Crippen molar-refractivity contribution in [2.24, 2.45) is 11.3 Å². The molecule has 0 aromatic carbocycles. The summed E-state index contributed by atoms with van der Waals surface area (Å²) in [6.07, 6.45) is 1.51. The largest absolute Gasteiger partial charge is 0.396 e. The lowest BCUT2D eigenvalue weighted by Crippen LogP contribution is -2.30. The molecule has 14 heavy (non-hydrogen) atoms. The second-order valence-electron chi connectivity index (χ2n) is 4.39. The molecule has 0 saturated carbocycles. The molecular weight excluding hydrogens is 180 g/mol. The fraction of sp³-hybridized carbons (Fsp3) is 1.00. The molecule has 86 valence electrons. The average Bonchev–Trinajstić information content (AvgIpc) is 2.19. The monoisotopic (exact) mass is 204 g/mol. The third kappa shape index (κ3) is 4.94. The Hall–Kier alpha value is -0.120. The van der Waals surface area contributed by atoms with Crippen LogP contribution in [0.5, 0.6) is 0 Å². The third-order valence-electron chi connectivity index (χ3n) is 2.65. The molecule has 0 amide bonds. The quantitative estimate of drug-likeness (QED) is 0.588. The number of hydrogen-bond acceptors (Lipinski definition) is 3. The van der Waals surface area contributed by atoms with Gasteiger partial charge in [0, 0.05) is 18.6 Å². The van der Waals surface area contributed by atoms with Gasteiger partial charge in [0.1, 0.15) is 0 Å². The van der Waals surface area contributed by atoms with Gasteiger partial charge in [-0.2, -0.15) is 0 Å². The molecule has 3 nitrogen and oxygen atoms in total. The molecule has 0 aliphatic heterocycles. The molecule has 0 aromatic heterocycles. The zero-order valence-corrected chi connectivity index (χ0v) is 9.62. The Kier molecular flexibility index (Phi) is 7.15. The first kappa shape index (κ1) is 13.9. The summed E-state index contributed by atoms with van der Waals surface area (Å²) in [5.74, 6) is 0.536. The molecule has 0 atom stereocenters. The topological polar surface area (TPSA) is 49.7 Å². The van der Waals surface area contributed by atoms with E-state index in [0.717, 1.165) is 19.4 Å². The zero-order valence-electron chi connectivity index (χ0n) is 9.62. The molecule has 0 aliphatic carbocycles. The van der Waals surface area contributed by atoms with Crippen molar-refractivity contribution in [3.05, 3.63) is 0 Å². The zero-order chi connectivity index (χ0) is 11.0. The Morgan fingerprint density at radius 3 is 2.14 bits per heavy atom. The SMILES string of the molecule is CCC(CO)(CO)CCOCC(C)C. The van der Waals surface area contributed by atoms with Gasteiger partial charge in [0.2, 0.25) is 0 Å². The van der Waals surface area contributed by atoms with Crippen molar-refractivity contribution in [2.45, 2.75) is 33.6 Å². The van der Waals surface area contributed by atoms with Crippen molar-refractivity contribution in [1.29, 1.82) is 0 Å². The van der Waals surface area contributed by atoms with Crippen LogP contribution in [0.15, 0.2) is 0 Å². The molecule has 0 aliphatic rings. The highest BCUT2D eigenvalue weighted by atomic mass is 16.5. The van der Waals surface area contributed by atoms with Crippen LogP contribution in [0.4, 0.5) is 0 Å². The van der Waals surface area contributed by atoms with Crippen molar-refractivity contribution >= 4 is 0 Å². The number of ether oxygens (including phenoxy) is 1. The fourth-order valence-electron chi connectivity index (χ4n) is 1.22. The van der Waals surface area contributed by atoms with E-state index >= 15 is 0 Å². The van der Waals surface area contributed by atoms with E-state index in [9.17, 15) is 0 Å². The smallest absolute Gasteiger partial charge is 0.0510 e. The average molecular weight is 204 g/mol. The molecule has 0 bridgehead atoms. The second-order valence-corrected chi connectivity index (χ2v) is 4.39. The van der Waals surface area contributed by atoms with E-state index < -0.39 is 0 Å². The molecule has 0 spiro atoms. The predicted molar refractivity (Wildman–Crippen MR) is 57.2 cm³/mol. The van der Waals surface area contributed by atoms with Crippen molar-refractivity contribution in [3.63, 3.8) is 0 Å². The van der Waals surface area contributed by atoms with Crippen LogP contribution >= 0.6 is 0 Å². The summed E-state index contributed by atoms with van der Waals surface area (Å²) in [7, 11) is 0. The Labute approximate surface area is 87.1 Å². The minimum Gasteiger partial charge on any atom is -0.396 e.